The van der Waals surface area contributed by atoms with Crippen molar-refractivity contribution in [2.24, 2.45) is 0 Å². The summed E-state index contributed by atoms with van der Waals surface area (Å²) in [6.45, 7) is 2.67. The zero-order chi connectivity index (χ0) is 15.5. The fourth-order valence-electron chi connectivity index (χ4n) is 2.12. The molecule has 1 amide bonds. The third-order valence-corrected chi connectivity index (χ3v) is 4.99. The normalized spacial score (nSPS) is 10.6. The van der Waals surface area contributed by atoms with Gasteiger partial charge in [0.1, 0.15) is 10.7 Å². The van der Waals surface area contributed by atoms with E-state index < -0.39 is 0 Å². The highest BCUT2D eigenvalue weighted by atomic mass is 32.1. The van der Waals surface area contributed by atoms with Crippen molar-refractivity contribution in [1.29, 1.82) is 0 Å². The molecule has 0 saturated carbocycles. The van der Waals surface area contributed by atoms with Crippen molar-refractivity contribution < 1.29 is 4.79 Å². The van der Waals surface area contributed by atoms with Crippen LogP contribution in [0.4, 0.5) is 0 Å². The largest absolute Gasteiger partial charge is 0.336 e. The number of nitrogens with zero attached hydrogens (tertiary/aromatic N) is 2. The Labute approximate surface area is 137 Å². The lowest BCUT2D eigenvalue weighted by molar-refractivity contribution is 0.0780. The third-order valence-electron chi connectivity index (χ3n) is 3.37. The zero-order valence-corrected chi connectivity index (χ0v) is 14.1. The standard InChI is InChI=1S/C17H16N2OS2/c1-12-3-5-14(6-4-12)16-18-15(11-22-16)17(20)19(2)9-13-7-8-21-10-13/h3-8,10-11H,9H2,1-2H3. The second-order valence-electron chi connectivity index (χ2n) is 5.20. The van der Waals surface area contributed by atoms with Crippen LogP contribution < -0.4 is 0 Å². The van der Waals surface area contributed by atoms with Crippen molar-refractivity contribution in [3.8, 4) is 10.6 Å². The Kier molecular flexibility index (Phi) is 4.36. The van der Waals surface area contributed by atoms with Crippen LogP contribution >= 0.6 is 22.7 Å². The molecule has 3 nitrogen and oxygen atoms in total. The average molecular weight is 328 g/mol. The highest BCUT2D eigenvalue weighted by Gasteiger charge is 2.16. The van der Waals surface area contributed by atoms with Gasteiger partial charge in [0.2, 0.25) is 0 Å². The molecule has 0 saturated heterocycles. The van der Waals surface area contributed by atoms with Gasteiger partial charge in [-0.3, -0.25) is 4.79 Å². The molecule has 0 spiro atoms. The maximum absolute atomic E-state index is 12.4. The molecule has 0 atom stereocenters. The summed E-state index contributed by atoms with van der Waals surface area (Å²) in [4.78, 5) is 18.6. The maximum Gasteiger partial charge on any atom is 0.273 e. The van der Waals surface area contributed by atoms with Crippen LogP contribution in [0.15, 0.2) is 46.5 Å². The molecule has 2 aromatic heterocycles. The molecule has 22 heavy (non-hydrogen) atoms. The van der Waals surface area contributed by atoms with Crippen molar-refractivity contribution in [2.75, 3.05) is 7.05 Å². The van der Waals surface area contributed by atoms with Crippen LogP contribution in [-0.2, 0) is 6.54 Å². The molecule has 112 valence electrons. The van der Waals surface area contributed by atoms with E-state index in [1.807, 2.05) is 36.0 Å². The van der Waals surface area contributed by atoms with Gasteiger partial charge in [-0.1, -0.05) is 29.8 Å². The second-order valence-corrected chi connectivity index (χ2v) is 6.83. The minimum absolute atomic E-state index is 0.0409. The molecule has 1 aromatic carbocycles. The summed E-state index contributed by atoms with van der Waals surface area (Å²) in [7, 11) is 1.81. The van der Waals surface area contributed by atoms with Gasteiger partial charge in [0, 0.05) is 24.5 Å². The van der Waals surface area contributed by atoms with Crippen LogP contribution in [0.3, 0.4) is 0 Å². The molecule has 2 heterocycles. The van der Waals surface area contributed by atoms with Crippen molar-refractivity contribution in [2.45, 2.75) is 13.5 Å². The Bertz CT molecular complexity index is 760. The molecular weight excluding hydrogens is 312 g/mol. The SMILES string of the molecule is Cc1ccc(-c2nc(C(=O)N(C)Cc3ccsc3)cs2)cc1. The van der Waals surface area contributed by atoms with Gasteiger partial charge in [0.15, 0.2) is 0 Å². The topological polar surface area (TPSA) is 33.2 Å². The first-order valence-electron chi connectivity index (χ1n) is 6.92. The van der Waals surface area contributed by atoms with E-state index in [4.69, 9.17) is 0 Å². The molecule has 0 aliphatic heterocycles. The van der Waals surface area contributed by atoms with Crippen molar-refractivity contribution in [1.82, 2.24) is 9.88 Å². The number of thiazole rings is 1. The maximum atomic E-state index is 12.4. The number of rotatable bonds is 4. The van der Waals surface area contributed by atoms with Gasteiger partial charge in [-0.2, -0.15) is 11.3 Å². The predicted octanol–water partition coefficient (Wildman–Crippen LogP) is 4.45. The summed E-state index contributed by atoms with van der Waals surface area (Å²) in [5.74, 6) is -0.0409. The Balaban J connectivity index is 1.75. The molecule has 0 radical (unpaired) electrons. The number of aryl methyl sites for hydroxylation is 1. The molecule has 0 unspecified atom stereocenters. The number of hydrogen-bond acceptors (Lipinski definition) is 4. The summed E-state index contributed by atoms with van der Waals surface area (Å²) in [6, 6.07) is 10.2. The predicted molar refractivity (Wildman–Crippen MR) is 92.4 cm³/mol. The van der Waals surface area contributed by atoms with E-state index >= 15 is 0 Å². The highest BCUT2D eigenvalue weighted by molar-refractivity contribution is 7.13. The number of aromatic nitrogens is 1. The summed E-state index contributed by atoms with van der Waals surface area (Å²) < 4.78 is 0. The number of carbonyl (C=O) groups excluding carboxylic acids is 1. The smallest absolute Gasteiger partial charge is 0.273 e. The van der Waals surface area contributed by atoms with Gasteiger partial charge < -0.3 is 4.90 Å². The fraction of sp³-hybridized carbons (Fsp3) is 0.176. The minimum Gasteiger partial charge on any atom is -0.336 e. The number of carbonyl (C=O) groups is 1. The monoisotopic (exact) mass is 328 g/mol. The van der Waals surface area contributed by atoms with Gasteiger partial charge in [-0.05, 0) is 29.3 Å². The van der Waals surface area contributed by atoms with E-state index in [1.165, 1.54) is 16.9 Å². The van der Waals surface area contributed by atoms with Crippen LogP contribution in [0.5, 0.6) is 0 Å². The number of hydrogen-bond donors (Lipinski definition) is 0. The van der Waals surface area contributed by atoms with E-state index in [9.17, 15) is 4.79 Å². The first-order valence-corrected chi connectivity index (χ1v) is 8.75. The van der Waals surface area contributed by atoms with E-state index in [2.05, 4.69) is 29.4 Å². The van der Waals surface area contributed by atoms with Crippen molar-refractivity contribution in [3.63, 3.8) is 0 Å². The van der Waals surface area contributed by atoms with E-state index in [-0.39, 0.29) is 5.91 Å². The molecule has 3 aromatic rings. The van der Waals surface area contributed by atoms with Gasteiger partial charge in [-0.15, -0.1) is 11.3 Å². The third kappa shape index (κ3) is 3.26. The first kappa shape index (κ1) is 14.9. The Morgan fingerprint density at radius 3 is 2.64 bits per heavy atom. The Hall–Kier alpha value is -1.98. The highest BCUT2D eigenvalue weighted by Crippen LogP contribution is 2.24. The molecule has 3 rings (SSSR count). The summed E-state index contributed by atoms with van der Waals surface area (Å²) >= 11 is 3.15. The average Bonchev–Trinajstić information content (AvgIpc) is 3.18. The molecule has 0 aliphatic rings. The van der Waals surface area contributed by atoms with E-state index in [1.54, 1.807) is 16.2 Å². The van der Waals surface area contributed by atoms with E-state index in [0.29, 0.717) is 12.2 Å². The number of thiophene rings is 1. The molecule has 5 heteroatoms. The quantitative estimate of drug-likeness (QED) is 0.709. The summed E-state index contributed by atoms with van der Waals surface area (Å²) in [5, 5.41) is 6.79. The Morgan fingerprint density at radius 1 is 1.18 bits per heavy atom. The first-order chi connectivity index (χ1) is 10.6. The van der Waals surface area contributed by atoms with E-state index in [0.717, 1.165) is 16.1 Å². The van der Waals surface area contributed by atoms with Gasteiger partial charge in [0.05, 0.1) is 0 Å². The van der Waals surface area contributed by atoms with Gasteiger partial charge >= 0.3 is 0 Å². The van der Waals surface area contributed by atoms with Crippen LogP contribution in [0.2, 0.25) is 0 Å². The number of amides is 1. The van der Waals surface area contributed by atoms with Crippen molar-refractivity contribution >= 4 is 28.6 Å². The molecule has 0 N–H and O–H groups in total. The minimum atomic E-state index is -0.0409. The second kappa shape index (κ2) is 6.42. The Morgan fingerprint density at radius 2 is 1.95 bits per heavy atom. The summed E-state index contributed by atoms with van der Waals surface area (Å²) in [6.07, 6.45) is 0. The van der Waals surface area contributed by atoms with Crippen LogP contribution in [0.1, 0.15) is 21.6 Å². The lowest BCUT2D eigenvalue weighted by Crippen LogP contribution is -2.26. The molecular formula is C17H16N2OS2. The molecule has 0 fully saturated rings. The number of benzene rings is 1. The zero-order valence-electron chi connectivity index (χ0n) is 12.4. The lowest BCUT2D eigenvalue weighted by atomic mass is 10.2. The van der Waals surface area contributed by atoms with Crippen LogP contribution in [0, 0.1) is 6.92 Å². The van der Waals surface area contributed by atoms with Crippen LogP contribution in [0.25, 0.3) is 10.6 Å². The summed E-state index contributed by atoms with van der Waals surface area (Å²) in [5.41, 5.74) is 3.93. The molecule has 0 bridgehead atoms. The van der Waals surface area contributed by atoms with Gasteiger partial charge in [0.25, 0.3) is 5.91 Å². The molecule has 0 aliphatic carbocycles. The lowest BCUT2D eigenvalue weighted by Gasteiger charge is -2.14. The van der Waals surface area contributed by atoms with Crippen LogP contribution in [-0.4, -0.2) is 22.8 Å². The van der Waals surface area contributed by atoms with Gasteiger partial charge in [-0.25, -0.2) is 4.98 Å². The fourth-order valence-corrected chi connectivity index (χ4v) is 3.58. The van der Waals surface area contributed by atoms with Crippen molar-refractivity contribution in [3.05, 3.63) is 63.3 Å².